The molecule has 12 heteroatoms. The van der Waals surface area contributed by atoms with Crippen molar-refractivity contribution in [2.45, 2.75) is 90.3 Å². The Kier molecular flexibility index (Phi) is 10.2. The lowest BCUT2D eigenvalue weighted by Gasteiger charge is -2.37. The smallest absolute Gasteiger partial charge is 0.410 e. The molecule has 2 aromatic rings. The van der Waals surface area contributed by atoms with Crippen LogP contribution in [0.1, 0.15) is 85.7 Å². The van der Waals surface area contributed by atoms with Crippen LogP contribution in [0.3, 0.4) is 0 Å². The zero-order valence-electron chi connectivity index (χ0n) is 28.7. The van der Waals surface area contributed by atoms with E-state index in [1.54, 1.807) is 30.5 Å². The van der Waals surface area contributed by atoms with Gasteiger partial charge in [-0.3, -0.25) is 9.59 Å². The number of carbonyl (C=O) groups excluding carboxylic acids is 3. The van der Waals surface area contributed by atoms with Gasteiger partial charge in [0.2, 0.25) is 5.91 Å². The van der Waals surface area contributed by atoms with Crippen molar-refractivity contribution in [3.8, 4) is 11.5 Å². The summed E-state index contributed by atoms with van der Waals surface area (Å²) in [6.07, 6.45) is 6.76. The predicted octanol–water partition coefficient (Wildman–Crippen LogP) is 6.20. The summed E-state index contributed by atoms with van der Waals surface area (Å²) in [5.74, 6) is 1.90. The van der Waals surface area contributed by atoms with Crippen molar-refractivity contribution in [3.05, 3.63) is 39.8 Å². The molecule has 0 radical (unpaired) electrons. The number of carbonyl (C=O) groups is 3. The Morgan fingerprint density at radius 3 is 2.48 bits per heavy atom. The topological polar surface area (TPSA) is 109 Å². The van der Waals surface area contributed by atoms with Crippen molar-refractivity contribution in [1.29, 1.82) is 0 Å². The van der Waals surface area contributed by atoms with Gasteiger partial charge in [0.1, 0.15) is 22.1 Å². The number of fused-ring (bicyclic) bond motifs is 1. The van der Waals surface area contributed by atoms with Gasteiger partial charge >= 0.3 is 6.09 Å². The summed E-state index contributed by atoms with van der Waals surface area (Å²) in [6, 6.07) is 5.78. The van der Waals surface area contributed by atoms with Crippen LogP contribution < -0.4 is 20.1 Å². The van der Waals surface area contributed by atoms with Crippen LogP contribution in [0.5, 0.6) is 11.5 Å². The normalized spacial score (nSPS) is 20.5. The van der Waals surface area contributed by atoms with E-state index in [4.69, 9.17) is 26.4 Å². The van der Waals surface area contributed by atoms with E-state index in [0.717, 1.165) is 65.9 Å². The number of benzene rings is 1. The fourth-order valence-corrected chi connectivity index (χ4v) is 8.27. The number of thiophene rings is 1. The average molecular weight is 697 g/mol. The van der Waals surface area contributed by atoms with Crippen molar-refractivity contribution in [1.82, 2.24) is 15.1 Å². The molecule has 1 aliphatic heterocycles. The summed E-state index contributed by atoms with van der Waals surface area (Å²) in [4.78, 5) is 45.6. The highest BCUT2D eigenvalue weighted by Crippen LogP contribution is 2.42. The first kappa shape index (κ1) is 34.5. The first-order chi connectivity index (χ1) is 22.9. The summed E-state index contributed by atoms with van der Waals surface area (Å²) in [5.41, 5.74) is 1.99. The lowest BCUT2D eigenvalue weighted by Crippen LogP contribution is -2.45. The number of hydrogen-bond donors (Lipinski definition) is 2. The third-order valence-corrected chi connectivity index (χ3v) is 11.4. The van der Waals surface area contributed by atoms with Crippen LogP contribution in [0.2, 0.25) is 0 Å². The largest absolute Gasteiger partial charge is 0.497 e. The van der Waals surface area contributed by atoms with Gasteiger partial charge in [-0.1, -0.05) is 12.2 Å². The standard InChI is InChI=1S/C36H48N4O6S2/c1-36(2,3)46-35(43)39-15-14-25(20-39)40(19-24-10-12-26(44-4)17-28(24)45-5)34(47)23-11-13-29-27(16-23)30(32(42)37-18-21-6-7-21)33(48-29)38-31(41)22-8-9-22/h10,12,17,21-23,25H,6-9,11,13-16,18-20H2,1-5H3,(H,37,42)(H,38,41)/t23-,25+/m0/s1. The molecule has 3 amide bonds. The van der Waals surface area contributed by atoms with Gasteiger partial charge in [0.15, 0.2) is 0 Å². The summed E-state index contributed by atoms with van der Waals surface area (Å²) in [7, 11) is 3.28. The number of likely N-dealkylation sites (tertiary alicyclic amines) is 1. The summed E-state index contributed by atoms with van der Waals surface area (Å²) >= 11 is 7.91. The van der Waals surface area contributed by atoms with Crippen LogP contribution in [0.15, 0.2) is 18.2 Å². The highest BCUT2D eigenvalue weighted by Gasteiger charge is 2.39. The minimum atomic E-state index is -0.583. The van der Waals surface area contributed by atoms with Gasteiger partial charge in [0.25, 0.3) is 5.91 Å². The van der Waals surface area contributed by atoms with E-state index in [2.05, 4.69) is 15.5 Å². The van der Waals surface area contributed by atoms with E-state index < -0.39 is 5.60 Å². The molecule has 0 unspecified atom stereocenters. The maximum atomic E-state index is 13.7. The molecule has 2 heterocycles. The Morgan fingerprint density at radius 2 is 1.81 bits per heavy atom. The van der Waals surface area contributed by atoms with Crippen molar-refractivity contribution >= 4 is 51.5 Å². The SMILES string of the molecule is COc1ccc(CN(C(=S)[C@H]2CCc3sc(NC(=O)C4CC4)c(C(=O)NCC4CC4)c3C2)[C@@H]2CCN(C(=O)OC(C)(C)C)C2)c(OC)c1. The van der Waals surface area contributed by atoms with Crippen LogP contribution in [0.4, 0.5) is 9.80 Å². The molecule has 1 aromatic carbocycles. The van der Waals surface area contributed by atoms with E-state index in [1.807, 2.05) is 39.0 Å². The van der Waals surface area contributed by atoms with Gasteiger partial charge in [0, 0.05) is 60.6 Å². The number of methoxy groups -OCH3 is 2. The lowest BCUT2D eigenvalue weighted by molar-refractivity contribution is -0.117. The summed E-state index contributed by atoms with van der Waals surface area (Å²) in [5, 5.41) is 6.93. The zero-order valence-corrected chi connectivity index (χ0v) is 30.3. The number of rotatable bonds is 11. The van der Waals surface area contributed by atoms with Crippen LogP contribution >= 0.6 is 23.6 Å². The molecule has 2 saturated carbocycles. The molecule has 1 aromatic heterocycles. The number of ether oxygens (including phenoxy) is 3. The molecule has 2 atom stereocenters. The average Bonchev–Trinajstić information content (AvgIpc) is 3.99. The molecule has 260 valence electrons. The molecule has 1 saturated heterocycles. The Hall–Kier alpha value is -3.38. The van der Waals surface area contributed by atoms with Gasteiger partial charge in [-0.15, -0.1) is 11.3 Å². The fraction of sp³-hybridized carbons (Fsp3) is 0.611. The number of aryl methyl sites for hydroxylation is 1. The quantitative estimate of drug-likeness (QED) is 0.268. The molecule has 0 spiro atoms. The summed E-state index contributed by atoms with van der Waals surface area (Å²) in [6.45, 7) is 7.86. The van der Waals surface area contributed by atoms with E-state index in [-0.39, 0.29) is 35.8 Å². The minimum Gasteiger partial charge on any atom is -0.497 e. The zero-order chi connectivity index (χ0) is 34.2. The lowest BCUT2D eigenvalue weighted by atomic mass is 9.85. The first-order valence-corrected chi connectivity index (χ1v) is 18.4. The number of nitrogens with one attached hydrogen (secondary N) is 2. The van der Waals surface area contributed by atoms with Crippen molar-refractivity contribution < 1.29 is 28.6 Å². The molecular formula is C36H48N4O6S2. The third kappa shape index (κ3) is 8.07. The van der Waals surface area contributed by atoms with E-state index in [0.29, 0.717) is 60.6 Å². The molecule has 48 heavy (non-hydrogen) atoms. The molecule has 2 N–H and O–H groups in total. The Morgan fingerprint density at radius 1 is 1.04 bits per heavy atom. The molecule has 3 aliphatic carbocycles. The molecule has 4 aliphatic rings. The molecule has 3 fully saturated rings. The Labute approximate surface area is 292 Å². The van der Waals surface area contributed by atoms with Crippen molar-refractivity contribution in [2.75, 3.05) is 39.2 Å². The Balaban J connectivity index is 1.27. The van der Waals surface area contributed by atoms with Crippen LogP contribution in [-0.4, -0.2) is 78.2 Å². The Bertz CT molecular complexity index is 1560. The van der Waals surface area contributed by atoms with Crippen LogP contribution in [-0.2, 0) is 28.9 Å². The second-order valence-corrected chi connectivity index (χ2v) is 16.1. The molecule has 6 rings (SSSR count). The van der Waals surface area contributed by atoms with Gasteiger partial charge in [0.05, 0.1) is 24.8 Å². The van der Waals surface area contributed by atoms with E-state index in [1.165, 1.54) is 0 Å². The van der Waals surface area contributed by atoms with Gasteiger partial charge < -0.3 is 34.6 Å². The van der Waals surface area contributed by atoms with E-state index in [9.17, 15) is 14.4 Å². The van der Waals surface area contributed by atoms with Gasteiger partial charge in [-0.25, -0.2) is 4.79 Å². The number of thiocarbonyl (C=S) groups is 1. The number of amides is 3. The van der Waals surface area contributed by atoms with Gasteiger partial charge in [-0.05, 0) is 95.8 Å². The number of anilines is 1. The second kappa shape index (κ2) is 14.2. The molecule has 10 nitrogen and oxygen atoms in total. The highest BCUT2D eigenvalue weighted by atomic mass is 32.1. The van der Waals surface area contributed by atoms with Gasteiger partial charge in [-0.2, -0.15) is 0 Å². The molecular weight excluding hydrogens is 649 g/mol. The monoisotopic (exact) mass is 696 g/mol. The second-order valence-electron chi connectivity index (χ2n) is 14.6. The third-order valence-electron chi connectivity index (χ3n) is 9.64. The van der Waals surface area contributed by atoms with Crippen LogP contribution in [0.25, 0.3) is 0 Å². The highest BCUT2D eigenvalue weighted by molar-refractivity contribution is 7.80. The van der Waals surface area contributed by atoms with Crippen molar-refractivity contribution in [3.63, 3.8) is 0 Å². The van der Waals surface area contributed by atoms with E-state index >= 15 is 0 Å². The maximum Gasteiger partial charge on any atom is 0.410 e. The van der Waals surface area contributed by atoms with Crippen LogP contribution in [0, 0.1) is 17.8 Å². The minimum absolute atomic E-state index is 0.00360. The fourth-order valence-electron chi connectivity index (χ4n) is 6.61. The maximum absolute atomic E-state index is 13.7. The number of hydrogen-bond acceptors (Lipinski definition) is 8. The molecule has 0 bridgehead atoms. The number of nitrogens with zero attached hydrogens (tertiary/aromatic N) is 2. The predicted molar refractivity (Wildman–Crippen MR) is 190 cm³/mol. The first-order valence-electron chi connectivity index (χ1n) is 17.2. The van der Waals surface area contributed by atoms with Crippen molar-refractivity contribution in [2.24, 2.45) is 17.8 Å². The summed E-state index contributed by atoms with van der Waals surface area (Å²) < 4.78 is 16.9.